The molecule has 0 aliphatic carbocycles. The Balaban J connectivity index is 2.21. The van der Waals surface area contributed by atoms with E-state index in [-0.39, 0.29) is 6.09 Å². The molecular formula is C18H24IN3O2. The minimum absolute atomic E-state index is 0.320. The summed E-state index contributed by atoms with van der Waals surface area (Å²) >= 11 is 2.27. The predicted molar refractivity (Wildman–Crippen MR) is 103 cm³/mol. The van der Waals surface area contributed by atoms with E-state index in [9.17, 15) is 4.79 Å². The highest BCUT2D eigenvalue weighted by Gasteiger charge is 2.23. The van der Waals surface area contributed by atoms with Crippen molar-refractivity contribution in [1.82, 2.24) is 14.7 Å². The average Bonchev–Trinajstić information content (AvgIpc) is 2.76. The molecule has 1 aromatic carbocycles. The highest BCUT2D eigenvalue weighted by molar-refractivity contribution is 14.1. The van der Waals surface area contributed by atoms with Crippen LogP contribution >= 0.6 is 22.6 Å². The van der Waals surface area contributed by atoms with Crippen molar-refractivity contribution in [3.8, 4) is 0 Å². The Morgan fingerprint density at radius 2 is 1.88 bits per heavy atom. The van der Waals surface area contributed by atoms with Crippen molar-refractivity contribution < 1.29 is 9.53 Å². The van der Waals surface area contributed by atoms with Crippen LogP contribution in [-0.2, 0) is 24.9 Å². The van der Waals surface area contributed by atoms with E-state index in [1.807, 2.05) is 65.1 Å². The largest absolute Gasteiger partial charge is 0.444 e. The highest BCUT2D eigenvalue weighted by atomic mass is 127. The molecule has 0 radical (unpaired) electrons. The predicted octanol–water partition coefficient (Wildman–Crippen LogP) is 4.27. The molecule has 0 unspecified atom stereocenters. The number of carbonyl (C=O) groups is 1. The monoisotopic (exact) mass is 441 g/mol. The van der Waals surface area contributed by atoms with E-state index in [0.717, 1.165) is 17.0 Å². The van der Waals surface area contributed by atoms with E-state index in [4.69, 9.17) is 4.74 Å². The van der Waals surface area contributed by atoms with Gasteiger partial charge in [0.15, 0.2) is 0 Å². The van der Waals surface area contributed by atoms with Crippen LogP contribution in [0, 0.1) is 10.5 Å². The van der Waals surface area contributed by atoms with E-state index in [1.54, 1.807) is 9.58 Å². The second kappa shape index (κ2) is 7.55. The maximum absolute atomic E-state index is 12.6. The van der Waals surface area contributed by atoms with Gasteiger partial charge in [0.05, 0.1) is 17.9 Å². The number of hydrogen-bond acceptors (Lipinski definition) is 3. The molecule has 130 valence electrons. The molecule has 1 heterocycles. The molecule has 0 N–H and O–H groups in total. The first-order valence-electron chi connectivity index (χ1n) is 7.86. The summed E-state index contributed by atoms with van der Waals surface area (Å²) in [4.78, 5) is 14.3. The molecule has 24 heavy (non-hydrogen) atoms. The van der Waals surface area contributed by atoms with Crippen LogP contribution < -0.4 is 0 Å². The van der Waals surface area contributed by atoms with Crippen molar-refractivity contribution >= 4 is 28.7 Å². The zero-order valence-corrected chi connectivity index (χ0v) is 17.0. The summed E-state index contributed by atoms with van der Waals surface area (Å²) in [5, 5.41) is 4.35. The Morgan fingerprint density at radius 3 is 2.38 bits per heavy atom. The first-order valence-corrected chi connectivity index (χ1v) is 8.94. The smallest absolute Gasteiger partial charge is 0.410 e. The molecule has 0 atom stereocenters. The highest BCUT2D eigenvalue weighted by Crippen LogP contribution is 2.17. The average molecular weight is 441 g/mol. The molecule has 0 aliphatic rings. The summed E-state index contributed by atoms with van der Waals surface area (Å²) in [6.07, 6.45) is -0.320. The third-order valence-corrected chi connectivity index (χ3v) is 4.11. The number of ether oxygens (including phenoxy) is 1. The summed E-state index contributed by atoms with van der Waals surface area (Å²) in [5.41, 5.74) is 2.46. The Labute approximate surface area is 157 Å². The summed E-state index contributed by atoms with van der Waals surface area (Å²) in [5.74, 6) is 0. The Bertz CT molecular complexity index is 702. The van der Waals surface area contributed by atoms with Crippen LogP contribution in [0.15, 0.2) is 30.3 Å². The molecule has 0 spiro atoms. The minimum Gasteiger partial charge on any atom is -0.444 e. The number of nitrogens with zero attached hydrogens (tertiary/aromatic N) is 3. The normalized spacial score (nSPS) is 11.4. The number of halogens is 1. The Hall–Kier alpha value is -1.57. The van der Waals surface area contributed by atoms with Crippen LogP contribution in [0.25, 0.3) is 0 Å². The fourth-order valence-corrected chi connectivity index (χ4v) is 2.69. The van der Waals surface area contributed by atoms with Crippen LogP contribution in [0.5, 0.6) is 0 Å². The van der Waals surface area contributed by atoms with Crippen molar-refractivity contribution in [2.45, 2.75) is 46.4 Å². The van der Waals surface area contributed by atoms with Gasteiger partial charge < -0.3 is 4.74 Å². The zero-order valence-electron chi connectivity index (χ0n) is 14.8. The van der Waals surface area contributed by atoms with Gasteiger partial charge in [-0.3, -0.25) is 9.58 Å². The number of aryl methyl sites for hydroxylation is 2. The van der Waals surface area contributed by atoms with Crippen molar-refractivity contribution in [3.05, 3.63) is 50.9 Å². The van der Waals surface area contributed by atoms with Gasteiger partial charge in [-0.05, 0) is 74.0 Å². The summed E-state index contributed by atoms with van der Waals surface area (Å²) in [6.45, 7) is 8.53. The fraction of sp³-hybridized carbons (Fsp3) is 0.444. The molecule has 0 bridgehead atoms. The van der Waals surface area contributed by atoms with Gasteiger partial charge >= 0.3 is 6.09 Å². The van der Waals surface area contributed by atoms with Gasteiger partial charge in [-0.25, -0.2) is 4.79 Å². The van der Waals surface area contributed by atoms with Crippen LogP contribution in [0.3, 0.4) is 0 Å². The summed E-state index contributed by atoms with van der Waals surface area (Å²) in [7, 11) is 1.89. The van der Waals surface area contributed by atoms with Crippen molar-refractivity contribution in [2.75, 3.05) is 0 Å². The number of benzene rings is 1. The standard InChI is InChI=1S/C18H24IN3O2/c1-13-10-16(21(5)20-13)12-22(17(23)24-18(2,3)4)11-14-6-8-15(19)9-7-14/h6-10H,11-12H2,1-5H3. The van der Waals surface area contributed by atoms with Crippen molar-refractivity contribution in [2.24, 2.45) is 7.05 Å². The van der Waals surface area contributed by atoms with Gasteiger partial charge in [-0.15, -0.1) is 0 Å². The van der Waals surface area contributed by atoms with Crippen LogP contribution in [-0.4, -0.2) is 26.4 Å². The quantitative estimate of drug-likeness (QED) is 0.666. The third-order valence-electron chi connectivity index (χ3n) is 3.39. The molecule has 1 aromatic heterocycles. The first kappa shape index (κ1) is 18.8. The van der Waals surface area contributed by atoms with E-state index < -0.39 is 5.60 Å². The maximum Gasteiger partial charge on any atom is 0.410 e. The molecule has 2 rings (SSSR count). The molecule has 0 aliphatic heterocycles. The van der Waals surface area contributed by atoms with Crippen LogP contribution in [0.2, 0.25) is 0 Å². The van der Waals surface area contributed by atoms with E-state index in [1.165, 1.54) is 3.57 Å². The SMILES string of the molecule is Cc1cc(CN(Cc2ccc(I)cc2)C(=O)OC(C)(C)C)n(C)n1. The topological polar surface area (TPSA) is 47.4 Å². The van der Waals surface area contributed by atoms with Gasteiger partial charge in [0.25, 0.3) is 0 Å². The Morgan fingerprint density at radius 1 is 1.25 bits per heavy atom. The lowest BCUT2D eigenvalue weighted by molar-refractivity contribution is 0.0212. The lowest BCUT2D eigenvalue weighted by Gasteiger charge is -2.27. The van der Waals surface area contributed by atoms with Crippen molar-refractivity contribution in [1.29, 1.82) is 0 Å². The summed E-state index contributed by atoms with van der Waals surface area (Å²) in [6, 6.07) is 10.1. The molecule has 2 aromatic rings. The zero-order chi connectivity index (χ0) is 17.9. The van der Waals surface area contributed by atoms with Crippen molar-refractivity contribution in [3.63, 3.8) is 0 Å². The van der Waals surface area contributed by atoms with E-state index in [0.29, 0.717) is 13.1 Å². The van der Waals surface area contributed by atoms with Gasteiger partial charge in [0, 0.05) is 17.2 Å². The van der Waals surface area contributed by atoms with E-state index in [2.05, 4.69) is 27.7 Å². The molecule has 0 saturated heterocycles. The second-order valence-electron chi connectivity index (χ2n) is 6.86. The number of hydrogen-bond donors (Lipinski definition) is 0. The van der Waals surface area contributed by atoms with E-state index >= 15 is 0 Å². The summed E-state index contributed by atoms with van der Waals surface area (Å²) < 4.78 is 8.55. The first-order chi connectivity index (χ1) is 11.1. The lowest BCUT2D eigenvalue weighted by atomic mass is 10.2. The number of amides is 1. The molecule has 5 nitrogen and oxygen atoms in total. The second-order valence-corrected chi connectivity index (χ2v) is 8.11. The minimum atomic E-state index is -0.524. The molecule has 0 fully saturated rings. The molecular weight excluding hydrogens is 417 g/mol. The van der Waals surface area contributed by atoms with Gasteiger partial charge in [-0.1, -0.05) is 12.1 Å². The maximum atomic E-state index is 12.6. The third kappa shape index (κ3) is 5.51. The Kier molecular flexibility index (Phi) is 5.90. The van der Waals surface area contributed by atoms with Crippen LogP contribution in [0.4, 0.5) is 4.79 Å². The van der Waals surface area contributed by atoms with Gasteiger partial charge in [0.1, 0.15) is 5.60 Å². The fourth-order valence-electron chi connectivity index (χ4n) is 2.33. The molecule has 6 heteroatoms. The molecule has 0 saturated carbocycles. The van der Waals surface area contributed by atoms with Gasteiger partial charge in [-0.2, -0.15) is 5.10 Å². The number of carbonyl (C=O) groups excluding carboxylic acids is 1. The molecule has 1 amide bonds. The number of aromatic nitrogens is 2. The number of rotatable bonds is 4. The lowest BCUT2D eigenvalue weighted by Crippen LogP contribution is -2.36. The van der Waals surface area contributed by atoms with Crippen LogP contribution in [0.1, 0.15) is 37.7 Å². The van der Waals surface area contributed by atoms with Gasteiger partial charge in [0.2, 0.25) is 0 Å².